The van der Waals surface area contributed by atoms with Crippen LogP contribution in [0.5, 0.6) is 0 Å². The molecule has 2 aliphatic heterocycles. The topological polar surface area (TPSA) is 77.8 Å². The molecule has 0 bridgehead atoms. The van der Waals surface area contributed by atoms with Crippen LogP contribution in [0, 0.1) is 11.7 Å². The molecule has 1 saturated heterocycles. The minimum Gasteiger partial charge on any atom is -0.477 e. The first-order valence-electron chi connectivity index (χ1n) is 6.65. The van der Waals surface area contributed by atoms with Gasteiger partial charge in [0.2, 0.25) is 5.91 Å². The molecule has 2 N–H and O–H groups in total. The SMILES string of the molecule is C[C@@H](O)[C@H]1C(=O)N2C(C(=O)O)=C(c3ccc(F)cc3)C[C@H]12. The Morgan fingerprint density at radius 2 is 2.00 bits per heavy atom. The molecule has 0 aliphatic carbocycles. The number of carboxylic acids is 1. The van der Waals surface area contributed by atoms with Gasteiger partial charge >= 0.3 is 5.97 Å². The lowest BCUT2D eigenvalue weighted by molar-refractivity contribution is -0.161. The Hall–Kier alpha value is -2.21. The Labute approximate surface area is 120 Å². The van der Waals surface area contributed by atoms with E-state index < -0.39 is 23.8 Å². The van der Waals surface area contributed by atoms with Gasteiger partial charge in [-0.2, -0.15) is 0 Å². The molecule has 0 radical (unpaired) electrons. The molecular weight excluding hydrogens is 277 g/mol. The van der Waals surface area contributed by atoms with Gasteiger partial charge in [0, 0.05) is 0 Å². The number of carboxylic acid groups (broad SMARTS) is 1. The van der Waals surface area contributed by atoms with Crippen molar-refractivity contribution >= 4 is 17.4 Å². The zero-order valence-electron chi connectivity index (χ0n) is 11.3. The maximum Gasteiger partial charge on any atom is 0.352 e. The number of amides is 1. The number of rotatable bonds is 3. The highest BCUT2D eigenvalue weighted by molar-refractivity contribution is 6.06. The van der Waals surface area contributed by atoms with Crippen LogP contribution < -0.4 is 0 Å². The summed E-state index contributed by atoms with van der Waals surface area (Å²) in [4.78, 5) is 24.7. The molecular formula is C15H14FNO4. The van der Waals surface area contributed by atoms with E-state index in [-0.39, 0.29) is 17.6 Å². The minimum absolute atomic E-state index is 0.0616. The Morgan fingerprint density at radius 3 is 2.52 bits per heavy atom. The van der Waals surface area contributed by atoms with Crippen LogP contribution in [-0.4, -0.2) is 39.1 Å². The number of carbonyl (C=O) groups excluding carboxylic acids is 1. The number of benzene rings is 1. The van der Waals surface area contributed by atoms with Crippen LogP contribution in [0.4, 0.5) is 4.39 Å². The number of halogens is 1. The third kappa shape index (κ3) is 1.94. The molecule has 2 aliphatic rings. The van der Waals surface area contributed by atoms with E-state index in [1.165, 1.54) is 36.1 Å². The lowest BCUT2D eigenvalue weighted by atomic mass is 9.82. The van der Waals surface area contributed by atoms with E-state index in [4.69, 9.17) is 0 Å². The highest BCUT2D eigenvalue weighted by atomic mass is 19.1. The van der Waals surface area contributed by atoms with E-state index in [0.717, 1.165) is 0 Å². The van der Waals surface area contributed by atoms with Crippen molar-refractivity contribution in [2.45, 2.75) is 25.5 Å². The van der Waals surface area contributed by atoms with Crippen molar-refractivity contribution in [3.05, 3.63) is 41.3 Å². The average Bonchev–Trinajstić information content (AvgIpc) is 2.74. The first-order valence-corrected chi connectivity index (χ1v) is 6.65. The second kappa shape index (κ2) is 4.66. The third-order valence-electron chi connectivity index (χ3n) is 4.12. The number of hydrogen-bond acceptors (Lipinski definition) is 3. The molecule has 110 valence electrons. The number of fused-ring (bicyclic) bond motifs is 1. The Balaban J connectivity index is 2.02. The van der Waals surface area contributed by atoms with Crippen LogP contribution in [-0.2, 0) is 9.59 Å². The highest BCUT2D eigenvalue weighted by Gasteiger charge is 2.56. The van der Waals surface area contributed by atoms with E-state index in [1.807, 2.05) is 0 Å². The van der Waals surface area contributed by atoms with Gasteiger partial charge in [0.25, 0.3) is 0 Å². The molecule has 21 heavy (non-hydrogen) atoms. The fourth-order valence-corrected chi connectivity index (χ4v) is 3.18. The van der Waals surface area contributed by atoms with Crippen LogP contribution in [0.2, 0.25) is 0 Å². The van der Waals surface area contributed by atoms with Gasteiger partial charge in [-0.25, -0.2) is 9.18 Å². The van der Waals surface area contributed by atoms with E-state index in [1.54, 1.807) is 0 Å². The number of aliphatic hydroxyl groups is 1. The van der Waals surface area contributed by atoms with Gasteiger partial charge in [-0.05, 0) is 36.6 Å². The van der Waals surface area contributed by atoms with Crippen LogP contribution in [0.25, 0.3) is 5.57 Å². The fraction of sp³-hybridized carbons (Fsp3) is 0.333. The van der Waals surface area contributed by atoms with Crippen molar-refractivity contribution in [2.24, 2.45) is 5.92 Å². The smallest absolute Gasteiger partial charge is 0.352 e. The lowest BCUT2D eigenvalue weighted by Crippen LogP contribution is -2.61. The number of aliphatic carboxylic acids is 1. The van der Waals surface area contributed by atoms with Crippen LogP contribution in [0.1, 0.15) is 18.9 Å². The summed E-state index contributed by atoms with van der Waals surface area (Å²) in [5.41, 5.74) is 1.03. The van der Waals surface area contributed by atoms with Gasteiger partial charge in [-0.15, -0.1) is 0 Å². The summed E-state index contributed by atoms with van der Waals surface area (Å²) in [5, 5.41) is 19.0. The molecule has 0 saturated carbocycles. The van der Waals surface area contributed by atoms with Gasteiger partial charge in [-0.3, -0.25) is 4.79 Å². The molecule has 3 rings (SSSR count). The first kappa shape index (κ1) is 13.8. The number of aliphatic hydroxyl groups excluding tert-OH is 1. The van der Waals surface area contributed by atoms with Gasteiger partial charge in [-0.1, -0.05) is 12.1 Å². The largest absolute Gasteiger partial charge is 0.477 e. The second-order valence-corrected chi connectivity index (χ2v) is 5.39. The molecule has 0 spiro atoms. The number of nitrogens with zero attached hydrogens (tertiary/aromatic N) is 1. The van der Waals surface area contributed by atoms with Crippen molar-refractivity contribution in [2.75, 3.05) is 0 Å². The summed E-state index contributed by atoms with van der Waals surface area (Å²) in [5.74, 6) is -2.54. The van der Waals surface area contributed by atoms with Gasteiger partial charge in [0.05, 0.1) is 18.1 Å². The zero-order chi connectivity index (χ0) is 15.3. The van der Waals surface area contributed by atoms with Crippen molar-refractivity contribution in [3.63, 3.8) is 0 Å². The van der Waals surface area contributed by atoms with Crippen LogP contribution >= 0.6 is 0 Å². The van der Waals surface area contributed by atoms with Gasteiger partial charge in [0.1, 0.15) is 11.5 Å². The quantitative estimate of drug-likeness (QED) is 0.821. The highest BCUT2D eigenvalue weighted by Crippen LogP contribution is 2.46. The molecule has 2 heterocycles. The second-order valence-electron chi connectivity index (χ2n) is 5.39. The average molecular weight is 291 g/mol. The zero-order valence-corrected chi connectivity index (χ0v) is 11.3. The summed E-state index contributed by atoms with van der Waals surface area (Å²) in [6.07, 6.45) is -0.462. The Bertz CT molecular complexity index is 650. The molecule has 1 aromatic rings. The maximum absolute atomic E-state index is 13.0. The maximum atomic E-state index is 13.0. The van der Waals surface area contributed by atoms with Gasteiger partial charge < -0.3 is 15.1 Å². The molecule has 1 fully saturated rings. The van der Waals surface area contributed by atoms with Crippen molar-refractivity contribution in [1.82, 2.24) is 4.90 Å². The number of hydrogen-bond donors (Lipinski definition) is 2. The first-order chi connectivity index (χ1) is 9.91. The summed E-state index contributed by atoms with van der Waals surface area (Å²) >= 11 is 0. The Kier molecular flexibility index (Phi) is 3.06. The summed E-state index contributed by atoms with van der Waals surface area (Å²) < 4.78 is 13.0. The molecule has 3 atom stereocenters. The number of β-lactam (4-membered cyclic amide) rings is 1. The standard InChI is InChI=1S/C15H14FNO4/c1-7(18)12-11-6-10(8-2-4-9(16)5-3-8)13(15(20)21)17(11)14(12)19/h2-5,7,11-12,18H,6H2,1H3,(H,20,21)/t7-,11-,12-/m1/s1. The predicted molar refractivity (Wildman–Crippen MR) is 71.4 cm³/mol. The van der Waals surface area contributed by atoms with Crippen molar-refractivity contribution < 1.29 is 24.2 Å². The lowest BCUT2D eigenvalue weighted by Gasteiger charge is -2.44. The molecule has 0 unspecified atom stereocenters. The van der Waals surface area contributed by atoms with Crippen LogP contribution in [0.15, 0.2) is 30.0 Å². The molecule has 1 aromatic carbocycles. The normalized spacial score (nSPS) is 25.7. The van der Waals surface area contributed by atoms with E-state index in [2.05, 4.69) is 0 Å². The van der Waals surface area contributed by atoms with E-state index in [0.29, 0.717) is 17.6 Å². The fourth-order valence-electron chi connectivity index (χ4n) is 3.18. The monoisotopic (exact) mass is 291 g/mol. The Morgan fingerprint density at radius 1 is 1.38 bits per heavy atom. The molecule has 0 aromatic heterocycles. The molecule has 5 nitrogen and oxygen atoms in total. The summed E-state index contributed by atoms with van der Waals surface area (Å²) in [6.45, 7) is 1.52. The van der Waals surface area contributed by atoms with Gasteiger partial charge in [0.15, 0.2) is 0 Å². The van der Waals surface area contributed by atoms with E-state index >= 15 is 0 Å². The third-order valence-corrected chi connectivity index (χ3v) is 4.12. The molecule has 6 heteroatoms. The van der Waals surface area contributed by atoms with E-state index in [9.17, 15) is 24.2 Å². The minimum atomic E-state index is -1.19. The molecule has 1 amide bonds. The van der Waals surface area contributed by atoms with Crippen LogP contribution in [0.3, 0.4) is 0 Å². The van der Waals surface area contributed by atoms with Crippen molar-refractivity contribution in [3.8, 4) is 0 Å². The predicted octanol–water partition coefficient (Wildman–Crippen LogP) is 1.23. The number of carbonyl (C=O) groups is 2. The summed E-state index contributed by atoms with van der Waals surface area (Å²) in [6, 6.07) is 5.18. The summed E-state index contributed by atoms with van der Waals surface area (Å²) in [7, 11) is 0. The van der Waals surface area contributed by atoms with Crippen molar-refractivity contribution in [1.29, 1.82) is 0 Å².